The predicted molar refractivity (Wildman–Crippen MR) is 79.0 cm³/mol. The number of carbonyl (C=O) groups is 1. The van der Waals surface area contributed by atoms with E-state index in [4.69, 9.17) is 14.3 Å². The summed E-state index contributed by atoms with van der Waals surface area (Å²) >= 11 is 3.10. The number of esters is 1. The molecule has 2 nitrogen and oxygen atoms in total. The van der Waals surface area contributed by atoms with Crippen LogP contribution in [-0.2, 0) is 9.53 Å². The Bertz CT molecular complexity index is 979. The van der Waals surface area contributed by atoms with Gasteiger partial charge in [-0.3, -0.25) is 4.79 Å². The number of carbonyl (C=O) groups excluding carboxylic acids is 1. The van der Waals surface area contributed by atoms with Crippen molar-refractivity contribution in [2.75, 3.05) is 0 Å². The maximum atomic E-state index is 12.4. The van der Waals surface area contributed by atoms with Crippen molar-refractivity contribution >= 4 is 32.7 Å². The topological polar surface area (TPSA) is 26.3 Å². The minimum Gasteiger partial charge on any atom is -0.430 e. The zero-order chi connectivity index (χ0) is 19.3. The van der Waals surface area contributed by atoms with E-state index < -0.39 is 48.1 Å². The number of hydrogen-bond acceptors (Lipinski definition) is 2. The number of fused-ring (bicyclic) bond motifs is 1. The molecule has 0 spiro atoms. The quantitative estimate of drug-likeness (QED) is 0.722. The Balaban J connectivity index is 2.41. The molecule has 1 aliphatic heterocycles. The van der Waals surface area contributed by atoms with E-state index in [0.717, 1.165) is 0 Å². The molecule has 1 fully saturated rings. The average Bonchev–Trinajstić information content (AvgIpc) is 2.63. The Kier molecular flexibility index (Phi) is 1.83. The summed E-state index contributed by atoms with van der Waals surface area (Å²) in [5.41, 5.74) is 0.0200. The Morgan fingerprint density at radius 2 is 2.05 bits per heavy atom. The van der Waals surface area contributed by atoms with Crippen molar-refractivity contribution < 1.29 is 19.1 Å². The summed E-state index contributed by atoms with van der Waals surface area (Å²) in [6.07, 6.45) is 0.667. The van der Waals surface area contributed by atoms with Gasteiger partial charge in [0.05, 0.1) is 15.5 Å². The van der Waals surface area contributed by atoms with Crippen LogP contribution in [0.1, 0.15) is 33.9 Å². The van der Waals surface area contributed by atoms with Crippen molar-refractivity contribution in [2.45, 2.75) is 18.8 Å². The van der Waals surface area contributed by atoms with Crippen LogP contribution in [0.5, 0.6) is 0 Å². The van der Waals surface area contributed by atoms with E-state index >= 15 is 0 Å². The number of rotatable bonds is 1. The summed E-state index contributed by atoms with van der Waals surface area (Å²) < 4.78 is 61.5. The zero-order valence-electron chi connectivity index (χ0n) is 16.8. The largest absolute Gasteiger partial charge is 0.430 e. The highest BCUT2D eigenvalue weighted by molar-refractivity contribution is 9.11. The second-order valence-electron chi connectivity index (χ2n) is 4.13. The highest BCUT2D eigenvalue weighted by atomic mass is 79.9. The van der Waals surface area contributed by atoms with Crippen molar-refractivity contribution in [3.63, 3.8) is 0 Å². The summed E-state index contributed by atoms with van der Waals surface area (Å²) in [6, 6.07) is -3.22. The molecule has 0 unspecified atom stereocenters. The third-order valence-corrected chi connectivity index (χ3v) is 3.52. The van der Waals surface area contributed by atoms with Crippen molar-refractivity contribution in [3.05, 3.63) is 58.6 Å². The first-order valence-electron chi connectivity index (χ1n) is 9.21. The van der Waals surface area contributed by atoms with Gasteiger partial charge >= 0.3 is 5.97 Å². The van der Waals surface area contributed by atoms with Gasteiger partial charge in [0, 0.05) is 11.4 Å². The summed E-state index contributed by atoms with van der Waals surface area (Å²) in [5.74, 6) is -1.17. The lowest BCUT2D eigenvalue weighted by atomic mass is 9.88. The molecule has 0 aliphatic carbocycles. The standard InChI is InChI=1S/C16H13BrO2/c17-10-12-8-9-15(16(18)19-12)14-7-3-5-11-4-1-2-6-13(11)14/h1-7,10,15H,8-9H2/b12-10+/t15-/m1/s1/i1D,2D,3D,4D,5D,6D,7D. The van der Waals surface area contributed by atoms with Gasteiger partial charge in [0.15, 0.2) is 0 Å². The van der Waals surface area contributed by atoms with Crippen LogP contribution in [-0.4, -0.2) is 5.97 Å². The first-order valence-corrected chi connectivity index (χ1v) is 6.62. The van der Waals surface area contributed by atoms with Crippen LogP contribution in [0.25, 0.3) is 10.8 Å². The number of cyclic esters (lactones) is 1. The molecule has 1 heterocycles. The van der Waals surface area contributed by atoms with Crippen molar-refractivity contribution in [1.29, 1.82) is 0 Å². The second-order valence-corrected chi connectivity index (χ2v) is 4.58. The van der Waals surface area contributed by atoms with Gasteiger partial charge in [0.1, 0.15) is 5.76 Å². The van der Waals surface area contributed by atoms with E-state index in [9.17, 15) is 4.79 Å². The lowest BCUT2D eigenvalue weighted by Gasteiger charge is -2.23. The molecule has 1 atom stereocenters. The molecule has 2 aromatic carbocycles. The molecular formula is C16H13BrO2. The molecule has 3 heteroatoms. The maximum absolute atomic E-state index is 12.4. The van der Waals surface area contributed by atoms with E-state index in [1.165, 1.54) is 4.99 Å². The fraction of sp³-hybridized carbons (Fsp3) is 0.188. The van der Waals surface area contributed by atoms with Crippen molar-refractivity contribution in [3.8, 4) is 0 Å². The minimum absolute atomic E-state index is 0.0200. The summed E-state index contributed by atoms with van der Waals surface area (Å²) in [6.45, 7) is 0. The van der Waals surface area contributed by atoms with E-state index in [1.54, 1.807) is 0 Å². The Hall–Kier alpha value is -1.61. The molecule has 0 aromatic heterocycles. The Morgan fingerprint density at radius 1 is 1.26 bits per heavy atom. The van der Waals surface area contributed by atoms with Crippen LogP contribution in [0.3, 0.4) is 0 Å². The average molecular weight is 324 g/mol. The van der Waals surface area contributed by atoms with Gasteiger partial charge in [-0.05, 0) is 22.8 Å². The van der Waals surface area contributed by atoms with Crippen LogP contribution in [0.15, 0.2) is 53.0 Å². The number of allylic oxidation sites excluding steroid dienone is 1. The Morgan fingerprint density at radius 3 is 2.84 bits per heavy atom. The molecule has 1 saturated heterocycles. The summed E-state index contributed by atoms with van der Waals surface area (Å²) in [7, 11) is 0. The third kappa shape index (κ3) is 2.30. The van der Waals surface area contributed by atoms with E-state index in [0.29, 0.717) is 12.2 Å². The Labute approximate surface area is 130 Å². The molecule has 96 valence electrons. The summed E-state index contributed by atoms with van der Waals surface area (Å²) in [5, 5.41) is -0.211. The third-order valence-electron chi connectivity index (χ3n) is 3.01. The number of ether oxygens (including phenoxy) is 1. The highest BCUT2D eigenvalue weighted by Crippen LogP contribution is 2.35. The highest BCUT2D eigenvalue weighted by Gasteiger charge is 2.29. The monoisotopic (exact) mass is 323 g/mol. The molecule has 3 rings (SSSR count). The van der Waals surface area contributed by atoms with E-state index in [-0.39, 0.29) is 28.8 Å². The first kappa shape index (κ1) is 6.71. The van der Waals surface area contributed by atoms with Crippen LogP contribution in [0.2, 0.25) is 0 Å². The molecule has 2 aromatic rings. The molecule has 1 aliphatic rings. The number of halogens is 1. The lowest BCUT2D eigenvalue weighted by molar-refractivity contribution is -0.143. The second kappa shape index (κ2) is 5.17. The van der Waals surface area contributed by atoms with Gasteiger partial charge in [0.2, 0.25) is 0 Å². The minimum atomic E-state index is -0.939. The van der Waals surface area contributed by atoms with Gasteiger partial charge in [0.25, 0.3) is 0 Å². The molecule has 0 amide bonds. The molecule has 0 bridgehead atoms. The van der Waals surface area contributed by atoms with Gasteiger partial charge in [-0.15, -0.1) is 0 Å². The van der Waals surface area contributed by atoms with Crippen LogP contribution in [0, 0.1) is 0 Å². The zero-order valence-corrected chi connectivity index (χ0v) is 11.3. The van der Waals surface area contributed by atoms with Crippen LogP contribution < -0.4 is 0 Å². The van der Waals surface area contributed by atoms with Gasteiger partial charge in [-0.25, -0.2) is 0 Å². The molecule has 19 heavy (non-hydrogen) atoms. The molecule has 0 saturated carbocycles. The maximum Gasteiger partial charge on any atom is 0.318 e. The van der Waals surface area contributed by atoms with Gasteiger partial charge in [-0.2, -0.15) is 0 Å². The lowest BCUT2D eigenvalue weighted by Crippen LogP contribution is -2.21. The van der Waals surface area contributed by atoms with Crippen molar-refractivity contribution in [1.82, 2.24) is 0 Å². The SMILES string of the molecule is [2H]c1c([2H])c([2H])c2c([C@H]3CC/C(=C\Br)OC3=O)c([2H])c([2H])c([2H])c2c1[2H]. The number of hydrogen-bond donors (Lipinski definition) is 0. The van der Waals surface area contributed by atoms with Crippen LogP contribution >= 0.6 is 15.9 Å². The fourth-order valence-electron chi connectivity index (χ4n) is 2.09. The van der Waals surface area contributed by atoms with Crippen LogP contribution in [0.4, 0.5) is 0 Å². The van der Waals surface area contributed by atoms with E-state index in [1.807, 2.05) is 0 Å². The fourth-order valence-corrected chi connectivity index (χ4v) is 2.41. The van der Waals surface area contributed by atoms with E-state index in [2.05, 4.69) is 15.9 Å². The number of benzene rings is 2. The molecule has 0 N–H and O–H groups in total. The first-order chi connectivity index (χ1) is 12.2. The van der Waals surface area contributed by atoms with Gasteiger partial charge < -0.3 is 4.74 Å². The molecular weight excluding hydrogens is 304 g/mol. The molecule has 0 radical (unpaired) electrons. The predicted octanol–water partition coefficient (Wildman–Crippen LogP) is 4.50. The normalized spacial score (nSPS) is 26.8. The summed E-state index contributed by atoms with van der Waals surface area (Å²) in [4.78, 5) is 13.9. The van der Waals surface area contributed by atoms with Gasteiger partial charge in [-0.1, -0.05) is 58.2 Å². The van der Waals surface area contributed by atoms with Crippen molar-refractivity contribution in [2.24, 2.45) is 0 Å². The smallest absolute Gasteiger partial charge is 0.318 e.